The number of nitrogens with one attached hydrogen (secondary N) is 2. The molecule has 0 spiro atoms. The zero-order valence-electron chi connectivity index (χ0n) is 16.8. The molecule has 2 amide bonds. The number of hydrogen-bond donors (Lipinski definition) is 3. The number of amides is 2. The van der Waals surface area contributed by atoms with E-state index in [2.05, 4.69) is 15.0 Å². The Bertz CT molecular complexity index is 1100. The van der Waals surface area contributed by atoms with Crippen LogP contribution in [0.1, 0.15) is 36.0 Å². The van der Waals surface area contributed by atoms with Crippen LogP contribution in [0.3, 0.4) is 0 Å². The van der Waals surface area contributed by atoms with Crippen LogP contribution in [0.15, 0.2) is 58.4 Å². The molecule has 0 bridgehead atoms. The van der Waals surface area contributed by atoms with E-state index in [0.717, 1.165) is 19.3 Å². The minimum Gasteiger partial charge on any atom is -0.483 e. The molecule has 0 aliphatic carbocycles. The highest BCUT2D eigenvalue weighted by Gasteiger charge is 2.18. The van der Waals surface area contributed by atoms with E-state index in [4.69, 9.17) is 10.5 Å². The standard InChI is InChI=1S/C21H24N4O5S/c22-21(27)17-9-3-4-10-18(17)30-14-20(26)24-15-7-6-8-16(13-15)31(28,29)25-19-11-2-1-5-12-23-19/h3-4,6-10,13H,1-2,5,11-12,14H2,(H2,22,27)(H,23,25)(H,24,26). The van der Waals surface area contributed by atoms with Crippen LogP contribution in [0.25, 0.3) is 0 Å². The van der Waals surface area contributed by atoms with Crippen molar-refractivity contribution in [1.29, 1.82) is 0 Å². The zero-order chi connectivity index (χ0) is 22.3. The summed E-state index contributed by atoms with van der Waals surface area (Å²) in [5.74, 6) is -0.544. The molecule has 0 aromatic heterocycles. The van der Waals surface area contributed by atoms with E-state index in [1.165, 1.54) is 30.3 Å². The number of benzene rings is 2. The molecule has 1 aliphatic heterocycles. The molecule has 0 fully saturated rings. The Morgan fingerprint density at radius 1 is 1.06 bits per heavy atom. The van der Waals surface area contributed by atoms with Gasteiger partial charge < -0.3 is 15.8 Å². The highest BCUT2D eigenvalue weighted by atomic mass is 32.2. The van der Waals surface area contributed by atoms with Crippen LogP contribution in [0.4, 0.5) is 5.69 Å². The number of aliphatic imine (C=N–C) groups is 1. The number of anilines is 1. The fourth-order valence-electron chi connectivity index (χ4n) is 3.05. The largest absolute Gasteiger partial charge is 0.483 e. The van der Waals surface area contributed by atoms with Crippen molar-refractivity contribution < 1.29 is 22.7 Å². The van der Waals surface area contributed by atoms with Gasteiger partial charge in [0.05, 0.1) is 10.5 Å². The molecule has 2 aromatic rings. The molecule has 1 aliphatic rings. The van der Waals surface area contributed by atoms with Crippen molar-refractivity contribution in [3.8, 4) is 5.75 Å². The Morgan fingerprint density at radius 3 is 2.68 bits per heavy atom. The minimum absolute atomic E-state index is 0.0113. The first-order valence-corrected chi connectivity index (χ1v) is 11.3. The lowest BCUT2D eigenvalue weighted by Gasteiger charge is -2.12. The van der Waals surface area contributed by atoms with E-state index in [1.807, 2.05) is 0 Å². The van der Waals surface area contributed by atoms with Gasteiger partial charge in [-0.05, 0) is 43.2 Å². The maximum absolute atomic E-state index is 12.7. The zero-order valence-corrected chi connectivity index (χ0v) is 17.7. The number of rotatable bonds is 7. The Labute approximate surface area is 180 Å². The Balaban J connectivity index is 1.64. The van der Waals surface area contributed by atoms with Crippen molar-refractivity contribution in [3.63, 3.8) is 0 Å². The molecule has 0 saturated heterocycles. The minimum atomic E-state index is -3.82. The highest BCUT2D eigenvalue weighted by molar-refractivity contribution is 7.90. The van der Waals surface area contributed by atoms with Gasteiger partial charge in [-0.3, -0.25) is 19.3 Å². The number of carbonyl (C=O) groups is 2. The summed E-state index contributed by atoms with van der Waals surface area (Å²) in [6.45, 7) is 0.225. The molecule has 0 radical (unpaired) electrons. The summed E-state index contributed by atoms with van der Waals surface area (Å²) in [4.78, 5) is 28.0. The predicted octanol–water partition coefficient (Wildman–Crippen LogP) is 2.05. The molecular weight excluding hydrogens is 420 g/mol. The van der Waals surface area contributed by atoms with Crippen molar-refractivity contribution in [2.75, 3.05) is 18.5 Å². The first kappa shape index (κ1) is 22.3. The Hall–Kier alpha value is -3.40. The van der Waals surface area contributed by atoms with Gasteiger partial charge >= 0.3 is 0 Å². The van der Waals surface area contributed by atoms with Gasteiger partial charge in [-0.15, -0.1) is 0 Å². The van der Waals surface area contributed by atoms with E-state index in [0.29, 0.717) is 24.5 Å². The van der Waals surface area contributed by atoms with E-state index >= 15 is 0 Å². The van der Waals surface area contributed by atoms with Gasteiger partial charge in [0.1, 0.15) is 11.6 Å². The van der Waals surface area contributed by atoms with E-state index in [9.17, 15) is 18.0 Å². The number of sulfonamides is 1. The molecule has 31 heavy (non-hydrogen) atoms. The molecule has 1 heterocycles. The number of nitrogens with zero attached hydrogens (tertiary/aromatic N) is 1. The van der Waals surface area contributed by atoms with Gasteiger partial charge in [0.25, 0.3) is 21.8 Å². The average molecular weight is 445 g/mol. The average Bonchev–Trinajstić information content (AvgIpc) is 3.01. The molecule has 2 aromatic carbocycles. The number of hydrogen-bond acceptors (Lipinski definition) is 6. The van der Waals surface area contributed by atoms with Crippen molar-refractivity contribution in [1.82, 2.24) is 4.72 Å². The van der Waals surface area contributed by atoms with Crippen molar-refractivity contribution >= 4 is 33.4 Å². The second kappa shape index (κ2) is 10.1. The fourth-order valence-corrected chi connectivity index (χ4v) is 4.18. The predicted molar refractivity (Wildman–Crippen MR) is 117 cm³/mol. The quantitative estimate of drug-likeness (QED) is 0.600. The van der Waals surface area contributed by atoms with Crippen LogP contribution in [0.5, 0.6) is 5.75 Å². The van der Waals surface area contributed by atoms with Crippen LogP contribution in [-0.2, 0) is 14.8 Å². The number of primary amides is 1. The summed E-state index contributed by atoms with van der Waals surface area (Å²) in [5.41, 5.74) is 5.74. The summed E-state index contributed by atoms with van der Waals surface area (Å²) in [6.07, 6.45) is 3.43. The fraction of sp³-hybridized carbons (Fsp3) is 0.286. The topological polar surface area (TPSA) is 140 Å². The lowest BCUT2D eigenvalue weighted by atomic mass is 10.2. The third kappa shape index (κ3) is 6.29. The Kier molecular flexibility index (Phi) is 7.24. The van der Waals surface area contributed by atoms with Crippen molar-refractivity contribution in [3.05, 3.63) is 54.1 Å². The van der Waals surface area contributed by atoms with Crippen LogP contribution in [0.2, 0.25) is 0 Å². The van der Waals surface area contributed by atoms with Gasteiger partial charge in [0.15, 0.2) is 6.61 Å². The number of ether oxygens (including phenoxy) is 1. The van der Waals surface area contributed by atoms with Crippen LogP contribution in [-0.4, -0.2) is 39.2 Å². The third-order valence-electron chi connectivity index (χ3n) is 4.57. The molecule has 0 saturated carbocycles. The van der Waals surface area contributed by atoms with E-state index in [1.54, 1.807) is 18.2 Å². The summed E-state index contributed by atoms with van der Waals surface area (Å²) in [5, 5.41) is 2.58. The van der Waals surface area contributed by atoms with Crippen molar-refractivity contribution in [2.24, 2.45) is 10.7 Å². The smallest absolute Gasteiger partial charge is 0.262 e. The highest BCUT2D eigenvalue weighted by Crippen LogP contribution is 2.19. The number of nitrogens with two attached hydrogens (primary N) is 1. The molecule has 4 N–H and O–H groups in total. The van der Waals surface area contributed by atoms with E-state index in [-0.39, 0.29) is 22.8 Å². The Morgan fingerprint density at radius 2 is 1.87 bits per heavy atom. The van der Waals surface area contributed by atoms with Gasteiger partial charge in [-0.1, -0.05) is 24.6 Å². The number of para-hydroxylation sites is 1. The van der Waals surface area contributed by atoms with Crippen LogP contribution in [0, 0.1) is 0 Å². The SMILES string of the molecule is NC(=O)c1ccccc1OCC(=O)Nc1cccc(S(=O)(=O)NC2=NCCCCC2)c1. The van der Waals surface area contributed by atoms with Gasteiger partial charge in [-0.25, -0.2) is 8.42 Å². The molecule has 0 atom stereocenters. The normalized spacial score (nSPS) is 14.1. The lowest BCUT2D eigenvalue weighted by Crippen LogP contribution is -2.30. The first-order chi connectivity index (χ1) is 14.8. The molecule has 0 unspecified atom stereocenters. The van der Waals surface area contributed by atoms with Gasteiger partial charge in [-0.2, -0.15) is 0 Å². The van der Waals surface area contributed by atoms with Crippen LogP contribution < -0.4 is 20.5 Å². The summed E-state index contributed by atoms with van der Waals surface area (Å²) >= 11 is 0. The second-order valence-corrected chi connectivity index (χ2v) is 8.65. The second-order valence-electron chi connectivity index (χ2n) is 6.97. The van der Waals surface area contributed by atoms with Gasteiger partial charge in [0.2, 0.25) is 0 Å². The molecule has 9 nitrogen and oxygen atoms in total. The number of carbonyl (C=O) groups excluding carboxylic acids is 2. The lowest BCUT2D eigenvalue weighted by molar-refractivity contribution is -0.118. The summed E-state index contributed by atoms with van der Waals surface area (Å²) in [6, 6.07) is 12.2. The monoisotopic (exact) mass is 444 g/mol. The summed E-state index contributed by atoms with van der Waals surface area (Å²) < 4.78 is 33.3. The number of amidine groups is 1. The van der Waals surface area contributed by atoms with Crippen molar-refractivity contribution in [2.45, 2.75) is 30.6 Å². The molecular formula is C21H24N4O5S. The summed E-state index contributed by atoms with van der Waals surface area (Å²) in [7, 11) is -3.82. The molecule has 3 rings (SSSR count). The molecule has 164 valence electrons. The maximum atomic E-state index is 12.7. The third-order valence-corrected chi connectivity index (χ3v) is 5.94. The van der Waals surface area contributed by atoms with Crippen LogP contribution >= 0.6 is 0 Å². The van der Waals surface area contributed by atoms with Gasteiger partial charge in [0, 0.05) is 18.7 Å². The molecule has 10 heteroatoms. The van der Waals surface area contributed by atoms with E-state index < -0.39 is 21.8 Å². The maximum Gasteiger partial charge on any atom is 0.262 e. The first-order valence-electron chi connectivity index (χ1n) is 9.83.